The van der Waals surface area contributed by atoms with Crippen molar-refractivity contribution in [2.45, 2.75) is 44.6 Å². The Labute approximate surface area is 89.8 Å². The van der Waals surface area contributed by atoms with E-state index in [0.29, 0.717) is 0 Å². The number of amides is 3. The van der Waals surface area contributed by atoms with Crippen molar-refractivity contribution in [3.63, 3.8) is 0 Å². The van der Waals surface area contributed by atoms with Crippen molar-refractivity contribution in [3.8, 4) is 0 Å². The van der Waals surface area contributed by atoms with Crippen molar-refractivity contribution < 1.29 is 9.59 Å². The number of rotatable bonds is 3. The minimum absolute atomic E-state index is 0.0350. The van der Waals surface area contributed by atoms with Crippen molar-refractivity contribution in [2.24, 2.45) is 5.73 Å². The molecule has 3 amide bonds. The van der Waals surface area contributed by atoms with Crippen LogP contribution in [0.1, 0.15) is 39.0 Å². The van der Waals surface area contributed by atoms with Gasteiger partial charge in [0, 0.05) is 5.54 Å². The summed E-state index contributed by atoms with van der Waals surface area (Å²) in [6, 6.07) is -0.796. The van der Waals surface area contributed by atoms with Crippen LogP contribution in [0.3, 0.4) is 0 Å². The zero-order valence-corrected chi connectivity index (χ0v) is 9.14. The topological polar surface area (TPSA) is 84.2 Å². The summed E-state index contributed by atoms with van der Waals surface area (Å²) in [6.45, 7) is 2.27. The third-order valence-corrected chi connectivity index (χ3v) is 2.90. The Morgan fingerprint density at radius 1 is 1.27 bits per heavy atom. The Morgan fingerprint density at radius 3 is 2.40 bits per heavy atom. The van der Waals surface area contributed by atoms with Gasteiger partial charge in [-0.2, -0.15) is 0 Å². The number of nitrogens with two attached hydrogens (primary N) is 1. The molecule has 0 spiro atoms. The third-order valence-electron chi connectivity index (χ3n) is 2.90. The molecule has 86 valence electrons. The molecule has 5 nitrogen and oxygen atoms in total. The maximum absolute atomic E-state index is 11.2. The molecule has 1 saturated carbocycles. The molecule has 15 heavy (non-hydrogen) atoms. The van der Waals surface area contributed by atoms with Gasteiger partial charge in [-0.1, -0.05) is 19.3 Å². The first-order chi connectivity index (χ1) is 7.02. The summed E-state index contributed by atoms with van der Waals surface area (Å²) >= 11 is 0. The van der Waals surface area contributed by atoms with Crippen molar-refractivity contribution in [3.05, 3.63) is 0 Å². The number of imide groups is 1. The molecule has 1 aliphatic carbocycles. The molecular formula is C10H19N3O2. The molecule has 5 heteroatoms. The quantitative estimate of drug-likeness (QED) is 0.638. The van der Waals surface area contributed by atoms with Gasteiger partial charge in [0.05, 0.1) is 6.54 Å². The number of hydrogen-bond donors (Lipinski definition) is 3. The van der Waals surface area contributed by atoms with Crippen LogP contribution in [-0.4, -0.2) is 24.0 Å². The van der Waals surface area contributed by atoms with Crippen molar-refractivity contribution >= 4 is 11.9 Å². The van der Waals surface area contributed by atoms with E-state index < -0.39 is 6.03 Å². The molecule has 0 atom stereocenters. The predicted molar refractivity (Wildman–Crippen MR) is 57.2 cm³/mol. The molecule has 0 aromatic heterocycles. The number of carbonyl (C=O) groups is 2. The highest BCUT2D eigenvalue weighted by Gasteiger charge is 2.26. The van der Waals surface area contributed by atoms with Crippen molar-refractivity contribution in [1.82, 2.24) is 10.6 Å². The Kier molecular flexibility index (Phi) is 4.08. The smallest absolute Gasteiger partial charge is 0.318 e. The van der Waals surface area contributed by atoms with Gasteiger partial charge in [0.25, 0.3) is 0 Å². The maximum atomic E-state index is 11.2. The van der Waals surface area contributed by atoms with Crippen LogP contribution in [0.2, 0.25) is 0 Å². The van der Waals surface area contributed by atoms with Gasteiger partial charge >= 0.3 is 6.03 Å². The fourth-order valence-electron chi connectivity index (χ4n) is 1.98. The zero-order chi connectivity index (χ0) is 11.3. The first-order valence-corrected chi connectivity index (χ1v) is 5.36. The average Bonchev–Trinajstić information content (AvgIpc) is 2.15. The highest BCUT2D eigenvalue weighted by atomic mass is 16.2. The minimum atomic E-state index is -0.796. The van der Waals surface area contributed by atoms with E-state index in [9.17, 15) is 9.59 Å². The number of nitrogens with one attached hydrogen (secondary N) is 2. The van der Waals surface area contributed by atoms with E-state index in [2.05, 4.69) is 12.2 Å². The average molecular weight is 213 g/mol. The normalized spacial score (nSPS) is 19.5. The lowest BCUT2D eigenvalue weighted by Crippen LogP contribution is -2.49. The van der Waals surface area contributed by atoms with Gasteiger partial charge in [-0.15, -0.1) is 0 Å². The van der Waals surface area contributed by atoms with Crippen LogP contribution in [0.5, 0.6) is 0 Å². The summed E-state index contributed by atoms with van der Waals surface area (Å²) in [6.07, 6.45) is 5.82. The first kappa shape index (κ1) is 12.0. The van der Waals surface area contributed by atoms with E-state index in [0.717, 1.165) is 12.8 Å². The second kappa shape index (κ2) is 5.11. The Bertz CT molecular complexity index is 247. The monoisotopic (exact) mass is 213 g/mol. The molecule has 0 aliphatic heterocycles. The van der Waals surface area contributed by atoms with Gasteiger partial charge in [-0.3, -0.25) is 10.1 Å². The molecule has 1 fully saturated rings. The zero-order valence-electron chi connectivity index (χ0n) is 9.14. The van der Waals surface area contributed by atoms with Gasteiger partial charge in [0.2, 0.25) is 5.91 Å². The second-order valence-corrected chi connectivity index (χ2v) is 4.39. The fraction of sp³-hybridized carbons (Fsp3) is 0.800. The molecule has 0 radical (unpaired) electrons. The summed E-state index contributed by atoms with van der Waals surface area (Å²) in [5.74, 6) is -0.366. The van der Waals surface area contributed by atoms with E-state index in [-0.39, 0.29) is 18.0 Å². The molecule has 0 bridgehead atoms. The molecule has 0 saturated heterocycles. The summed E-state index contributed by atoms with van der Waals surface area (Å²) in [4.78, 5) is 21.6. The standard InChI is InChI=1S/C10H19N3O2/c1-10(5-3-2-4-6-10)12-7-8(14)13-9(11)15/h12H,2-7H2,1H3,(H3,11,13,14,15). The summed E-state index contributed by atoms with van der Waals surface area (Å²) in [5.41, 5.74) is 4.87. The summed E-state index contributed by atoms with van der Waals surface area (Å²) < 4.78 is 0. The van der Waals surface area contributed by atoms with Crippen LogP contribution >= 0.6 is 0 Å². The van der Waals surface area contributed by atoms with E-state index >= 15 is 0 Å². The van der Waals surface area contributed by atoms with E-state index in [1.165, 1.54) is 19.3 Å². The molecule has 1 aliphatic rings. The van der Waals surface area contributed by atoms with Crippen LogP contribution in [0.4, 0.5) is 4.79 Å². The molecule has 0 heterocycles. The molecule has 0 aromatic rings. The minimum Gasteiger partial charge on any atom is -0.351 e. The van der Waals surface area contributed by atoms with E-state index in [4.69, 9.17) is 5.73 Å². The van der Waals surface area contributed by atoms with Crippen molar-refractivity contribution in [2.75, 3.05) is 6.54 Å². The van der Waals surface area contributed by atoms with Crippen LogP contribution in [-0.2, 0) is 4.79 Å². The Hall–Kier alpha value is -1.10. The molecule has 0 unspecified atom stereocenters. The van der Waals surface area contributed by atoms with Crippen LogP contribution in [0.25, 0.3) is 0 Å². The van der Waals surface area contributed by atoms with Gasteiger partial charge in [-0.25, -0.2) is 4.79 Å². The van der Waals surface area contributed by atoms with Crippen LogP contribution in [0, 0.1) is 0 Å². The van der Waals surface area contributed by atoms with Crippen LogP contribution in [0.15, 0.2) is 0 Å². The predicted octanol–water partition coefficient (Wildman–Crippen LogP) is 0.494. The fourth-order valence-corrected chi connectivity index (χ4v) is 1.98. The second-order valence-electron chi connectivity index (χ2n) is 4.39. The maximum Gasteiger partial charge on any atom is 0.318 e. The van der Waals surface area contributed by atoms with Gasteiger partial charge < -0.3 is 11.1 Å². The third kappa shape index (κ3) is 4.29. The van der Waals surface area contributed by atoms with Crippen LogP contribution < -0.4 is 16.4 Å². The number of urea groups is 1. The summed E-state index contributed by atoms with van der Waals surface area (Å²) in [7, 11) is 0. The number of hydrogen-bond acceptors (Lipinski definition) is 3. The lowest BCUT2D eigenvalue weighted by Gasteiger charge is -2.34. The van der Waals surface area contributed by atoms with Gasteiger partial charge in [0.15, 0.2) is 0 Å². The molecule has 4 N–H and O–H groups in total. The molecule has 0 aromatic carbocycles. The highest BCUT2D eigenvalue weighted by molar-refractivity contribution is 5.94. The number of primary amides is 1. The number of carbonyl (C=O) groups excluding carboxylic acids is 2. The Balaban J connectivity index is 2.28. The van der Waals surface area contributed by atoms with E-state index in [1.807, 2.05) is 5.32 Å². The Morgan fingerprint density at radius 2 is 1.87 bits per heavy atom. The SMILES string of the molecule is CC1(NCC(=O)NC(N)=O)CCCCC1. The summed E-state index contributed by atoms with van der Waals surface area (Å²) in [5, 5.41) is 5.22. The van der Waals surface area contributed by atoms with Crippen molar-refractivity contribution in [1.29, 1.82) is 0 Å². The van der Waals surface area contributed by atoms with Gasteiger partial charge in [-0.05, 0) is 19.8 Å². The lowest BCUT2D eigenvalue weighted by molar-refractivity contribution is -0.119. The first-order valence-electron chi connectivity index (χ1n) is 5.36. The lowest BCUT2D eigenvalue weighted by atomic mass is 9.83. The van der Waals surface area contributed by atoms with Gasteiger partial charge in [0.1, 0.15) is 0 Å². The highest BCUT2D eigenvalue weighted by Crippen LogP contribution is 2.27. The molecular weight excluding hydrogens is 194 g/mol. The van der Waals surface area contributed by atoms with E-state index in [1.54, 1.807) is 0 Å². The molecule has 1 rings (SSSR count). The largest absolute Gasteiger partial charge is 0.351 e.